The van der Waals surface area contributed by atoms with Crippen molar-refractivity contribution < 1.29 is 9.53 Å². The number of carbonyl (C=O) groups excluding carboxylic acids is 1. The Morgan fingerprint density at radius 3 is 2.39 bits per heavy atom. The average molecular weight is 531 g/mol. The molecule has 5 rings (SSSR count). The number of fused-ring (bicyclic) bond motifs is 1. The number of alkyl halides is 1. The molecule has 1 saturated heterocycles. The van der Waals surface area contributed by atoms with Gasteiger partial charge < -0.3 is 9.64 Å². The Morgan fingerprint density at radius 2 is 1.68 bits per heavy atom. The number of piperazine rings is 1. The fourth-order valence-electron chi connectivity index (χ4n) is 4.83. The number of ether oxygens (including phenoxy) is 1. The average Bonchev–Trinajstić information content (AvgIpc) is 2.94. The molecule has 1 aliphatic heterocycles. The number of benzene rings is 3. The number of rotatable bonds is 8. The van der Waals surface area contributed by atoms with Crippen LogP contribution in [0.4, 0.5) is 5.69 Å². The molecule has 0 amide bonds. The third-order valence-corrected chi connectivity index (χ3v) is 6.95. The summed E-state index contributed by atoms with van der Waals surface area (Å²) in [5, 5.41) is 0.477. The molecule has 0 unspecified atom stereocenters. The number of hydrogen-bond acceptors (Lipinski definition) is 6. The predicted octanol–water partition coefficient (Wildman–Crippen LogP) is 4.92. The first kappa shape index (κ1) is 25.9. The van der Waals surface area contributed by atoms with Crippen molar-refractivity contribution in [2.45, 2.75) is 25.8 Å². The van der Waals surface area contributed by atoms with Crippen molar-refractivity contribution >= 4 is 34.0 Å². The molecule has 0 atom stereocenters. The van der Waals surface area contributed by atoms with Crippen LogP contribution in [-0.4, -0.2) is 59.1 Å². The van der Waals surface area contributed by atoms with Crippen molar-refractivity contribution in [3.63, 3.8) is 0 Å². The molecule has 2 heterocycles. The Hall–Kier alpha value is -3.68. The number of Topliss-reactive ketones (excluding diaryl/α,β-unsaturated/α-hetero) is 1. The lowest BCUT2D eigenvalue weighted by Crippen LogP contribution is -2.48. The molecule has 196 valence electrons. The SMILES string of the molecule is CC(C)Oc1ccc(C(=O)CN2CCN(c3ccccc3)CC2)cc1-n1c(CCl)nc2ccccc2c1=O. The minimum atomic E-state index is -0.249. The molecule has 3 aromatic carbocycles. The topological polar surface area (TPSA) is 67.7 Å². The number of para-hydroxylation sites is 2. The molecule has 0 radical (unpaired) electrons. The molecule has 0 N–H and O–H groups in total. The molecule has 7 nitrogen and oxygen atoms in total. The molecule has 8 heteroatoms. The zero-order chi connectivity index (χ0) is 26.6. The van der Waals surface area contributed by atoms with Crippen LogP contribution in [0.3, 0.4) is 0 Å². The van der Waals surface area contributed by atoms with Crippen molar-refractivity contribution in [1.82, 2.24) is 14.5 Å². The number of nitrogens with zero attached hydrogens (tertiary/aromatic N) is 4. The summed E-state index contributed by atoms with van der Waals surface area (Å²) in [5.74, 6) is 0.916. The highest BCUT2D eigenvalue weighted by Gasteiger charge is 2.22. The van der Waals surface area contributed by atoms with Gasteiger partial charge in [-0.25, -0.2) is 4.98 Å². The number of carbonyl (C=O) groups is 1. The second kappa shape index (κ2) is 11.4. The standard InChI is InChI=1S/C30H31ClN4O3/c1-21(2)38-28-13-12-22(27(36)20-33-14-16-34(17-15-33)23-8-4-3-5-9-23)18-26(28)35-29(19-31)32-25-11-7-6-10-24(25)30(35)37/h3-13,18,21H,14-17,19-20H2,1-2H3. The van der Waals surface area contributed by atoms with E-state index in [4.69, 9.17) is 16.3 Å². The van der Waals surface area contributed by atoms with Gasteiger partial charge in [0.15, 0.2) is 5.78 Å². The van der Waals surface area contributed by atoms with E-state index in [2.05, 4.69) is 26.9 Å². The van der Waals surface area contributed by atoms with E-state index in [-0.39, 0.29) is 23.3 Å². The molecule has 0 aliphatic carbocycles. The van der Waals surface area contributed by atoms with Gasteiger partial charge in [0, 0.05) is 37.4 Å². The first-order valence-electron chi connectivity index (χ1n) is 12.9. The summed E-state index contributed by atoms with van der Waals surface area (Å²) >= 11 is 6.26. The van der Waals surface area contributed by atoms with E-state index in [0.29, 0.717) is 40.3 Å². The van der Waals surface area contributed by atoms with Crippen LogP contribution in [0.2, 0.25) is 0 Å². The molecular formula is C30H31ClN4O3. The second-order valence-corrected chi connectivity index (χ2v) is 9.96. The van der Waals surface area contributed by atoms with Gasteiger partial charge in [-0.2, -0.15) is 0 Å². The normalized spacial score (nSPS) is 14.3. The van der Waals surface area contributed by atoms with Crippen LogP contribution < -0.4 is 15.2 Å². The van der Waals surface area contributed by atoms with Gasteiger partial charge >= 0.3 is 0 Å². The van der Waals surface area contributed by atoms with Gasteiger partial charge in [0.25, 0.3) is 5.56 Å². The number of hydrogen-bond donors (Lipinski definition) is 0. The quantitative estimate of drug-likeness (QED) is 0.238. The van der Waals surface area contributed by atoms with Crippen molar-refractivity contribution in [1.29, 1.82) is 0 Å². The van der Waals surface area contributed by atoms with Gasteiger partial charge in [0.05, 0.1) is 35.1 Å². The summed E-state index contributed by atoms with van der Waals surface area (Å²) in [4.78, 5) is 36.2. The summed E-state index contributed by atoms with van der Waals surface area (Å²) in [6.07, 6.45) is -0.125. The summed E-state index contributed by atoms with van der Waals surface area (Å²) in [6.45, 7) is 7.46. The smallest absolute Gasteiger partial charge is 0.266 e. The van der Waals surface area contributed by atoms with E-state index in [1.165, 1.54) is 10.3 Å². The Morgan fingerprint density at radius 1 is 0.974 bits per heavy atom. The Kier molecular flexibility index (Phi) is 7.77. The molecule has 4 aromatic rings. The highest BCUT2D eigenvalue weighted by atomic mass is 35.5. The maximum atomic E-state index is 13.6. The maximum Gasteiger partial charge on any atom is 0.266 e. The van der Waals surface area contributed by atoms with Crippen molar-refractivity contribution in [2.75, 3.05) is 37.6 Å². The van der Waals surface area contributed by atoms with E-state index >= 15 is 0 Å². The second-order valence-electron chi connectivity index (χ2n) is 9.69. The van der Waals surface area contributed by atoms with Crippen molar-refractivity contribution in [3.8, 4) is 11.4 Å². The molecule has 1 aromatic heterocycles. The first-order valence-corrected chi connectivity index (χ1v) is 13.4. The molecule has 0 spiro atoms. The summed E-state index contributed by atoms with van der Waals surface area (Å²) in [6, 6.07) is 22.8. The number of halogens is 1. The van der Waals surface area contributed by atoms with Crippen molar-refractivity contribution in [2.24, 2.45) is 0 Å². The van der Waals surface area contributed by atoms with Crippen LogP contribution in [0.25, 0.3) is 16.6 Å². The largest absolute Gasteiger partial charge is 0.489 e. The summed E-state index contributed by atoms with van der Waals surface area (Å²) in [5.41, 5.74) is 2.52. The van der Waals surface area contributed by atoms with Gasteiger partial charge in [-0.05, 0) is 56.3 Å². The fraction of sp³-hybridized carbons (Fsp3) is 0.300. The zero-order valence-corrected chi connectivity index (χ0v) is 22.4. The van der Waals surface area contributed by atoms with Gasteiger partial charge in [0.2, 0.25) is 0 Å². The number of ketones is 1. The lowest BCUT2D eigenvalue weighted by atomic mass is 10.1. The van der Waals surface area contributed by atoms with Crippen LogP contribution in [0, 0.1) is 0 Å². The molecular weight excluding hydrogens is 500 g/mol. The minimum Gasteiger partial charge on any atom is -0.489 e. The third-order valence-electron chi connectivity index (χ3n) is 6.71. The minimum absolute atomic E-state index is 0.00951. The Labute approximate surface area is 227 Å². The molecule has 1 aliphatic rings. The van der Waals surface area contributed by atoms with Crippen LogP contribution >= 0.6 is 11.6 Å². The summed E-state index contributed by atoms with van der Waals surface area (Å²) in [7, 11) is 0. The lowest BCUT2D eigenvalue weighted by molar-refractivity contribution is 0.0926. The van der Waals surface area contributed by atoms with Crippen LogP contribution in [0.15, 0.2) is 77.6 Å². The lowest BCUT2D eigenvalue weighted by Gasteiger charge is -2.35. The monoisotopic (exact) mass is 530 g/mol. The molecule has 0 saturated carbocycles. The first-order chi connectivity index (χ1) is 18.4. The van der Waals surface area contributed by atoms with E-state index in [1.807, 2.05) is 38.1 Å². The number of aromatic nitrogens is 2. The molecule has 1 fully saturated rings. The Balaban J connectivity index is 1.44. The summed E-state index contributed by atoms with van der Waals surface area (Å²) < 4.78 is 7.52. The van der Waals surface area contributed by atoms with Gasteiger partial charge in [-0.3, -0.25) is 19.1 Å². The van der Waals surface area contributed by atoms with E-state index in [9.17, 15) is 9.59 Å². The van der Waals surface area contributed by atoms with Crippen molar-refractivity contribution in [3.05, 3.63) is 94.5 Å². The predicted molar refractivity (Wildman–Crippen MR) is 152 cm³/mol. The maximum absolute atomic E-state index is 13.6. The van der Waals surface area contributed by atoms with Gasteiger partial charge in [-0.1, -0.05) is 30.3 Å². The van der Waals surface area contributed by atoms with Crippen LogP contribution in [0.1, 0.15) is 30.0 Å². The number of anilines is 1. The highest BCUT2D eigenvalue weighted by molar-refractivity contribution is 6.16. The van der Waals surface area contributed by atoms with E-state index in [1.54, 1.807) is 36.4 Å². The van der Waals surface area contributed by atoms with Crippen LogP contribution in [0.5, 0.6) is 5.75 Å². The fourth-order valence-corrected chi connectivity index (χ4v) is 5.01. The van der Waals surface area contributed by atoms with Gasteiger partial charge in [0.1, 0.15) is 11.6 Å². The van der Waals surface area contributed by atoms with Crippen LogP contribution in [-0.2, 0) is 5.88 Å². The van der Waals surface area contributed by atoms with E-state index in [0.717, 1.165) is 26.2 Å². The van der Waals surface area contributed by atoms with Gasteiger partial charge in [-0.15, -0.1) is 11.6 Å². The Bertz CT molecular complexity index is 1490. The molecule has 0 bridgehead atoms. The highest BCUT2D eigenvalue weighted by Crippen LogP contribution is 2.27. The zero-order valence-electron chi connectivity index (χ0n) is 21.6. The molecule has 38 heavy (non-hydrogen) atoms. The van der Waals surface area contributed by atoms with E-state index < -0.39 is 0 Å². The third kappa shape index (κ3) is 5.44.